The largest absolute Gasteiger partial charge is 0.530 e. The van der Waals surface area contributed by atoms with E-state index < -0.39 is 24.7 Å². The van der Waals surface area contributed by atoms with Gasteiger partial charge in [-0.25, -0.2) is 8.96 Å². The summed E-state index contributed by atoms with van der Waals surface area (Å²) in [6.07, 6.45) is -0.376. The average molecular weight is 388 g/mol. The highest BCUT2D eigenvalue weighted by molar-refractivity contribution is 7.49. The third-order valence-electron chi connectivity index (χ3n) is 3.41. The fourth-order valence-corrected chi connectivity index (χ4v) is 3.94. The molecule has 2 atom stereocenters. The average Bonchev–Trinajstić information content (AvgIpc) is 2.54. The zero-order chi connectivity index (χ0) is 18.0. The fraction of sp³-hybridized carbons (Fsp3) is 0.200. The summed E-state index contributed by atoms with van der Waals surface area (Å²) < 4.78 is 41.9. The van der Waals surface area contributed by atoms with Gasteiger partial charge in [-0.15, -0.1) is 0 Å². The molecule has 3 rings (SSSR count). The highest BCUT2D eigenvalue weighted by Crippen LogP contribution is 2.56. The van der Waals surface area contributed by atoms with Gasteiger partial charge in [-0.2, -0.15) is 0 Å². The molecule has 0 bridgehead atoms. The van der Waals surface area contributed by atoms with Crippen LogP contribution in [-0.2, 0) is 13.6 Å². The Morgan fingerprint density at radius 3 is 2.64 bits per heavy atom. The van der Waals surface area contributed by atoms with Crippen molar-refractivity contribution in [3.63, 3.8) is 0 Å². The van der Waals surface area contributed by atoms with Gasteiger partial charge < -0.3 is 4.52 Å². The maximum absolute atomic E-state index is 13.5. The number of rotatable bonds is 4. The molecule has 132 valence electrons. The lowest BCUT2D eigenvalue weighted by molar-refractivity contribution is -0.384. The molecular weight excluding hydrogens is 376 g/mol. The molecule has 0 unspecified atom stereocenters. The Kier molecular flexibility index (Phi) is 5.06. The van der Waals surface area contributed by atoms with Crippen molar-refractivity contribution < 1.29 is 27.5 Å². The molecular formula is C15H12ClFNO6P. The van der Waals surface area contributed by atoms with Gasteiger partial charge in [-0.05, 0) is 35.9 Å². The number of benzene rings is 2. The number of non-ortho nitro benzene ring substituents is 1. The lowest BCUT2D eigenvalue weighted by Crippen LogP contribution is -2.16. The Labute approximate surface area is 147 Å². The number of halogens is 2. The smallest absolute Gasteiger partial charge is 0.404 e. The van der Waals surface area contributed by atoms with Crippen molar-refractivity contribution in [1.29, 1.82) is 0 Å². The number of hydrogen-bond acceptors (Lipinski definition) is 6. The second-order valence-electron chi connectivity index (χ2n) is 5.21. The molecule has 0 radical (unpaired) electrons. The minimum Gasteiger partial charge on any atom is -0.404 e. The summed E-state index contributed by atoms with van der Waals surface area (Å²) >= 11 is 5.83. The van der Waals surface area contributed by atoms with Gasteiger partial charge in [0, 0.05) is 23.6 Å². The molecule has 0 spiro atoms. The first-order chi connectivity index (χ1) is 11.8. The van der Waals surface area contributed by atoms with Crippen LogP contribution >= 0.6 is 19.4 Å². The summed E-state index contributed by atoms with van der Waals surface area (Å²) in [5, 5.41) is 10.8. The molecule has 1 aliphatic rings. The molecule has 0 amide bonds. The minimum absolute atomic E-state index is 0.0725. The summed E-state index contributed by atoms with van der Waals surface area (Å²) in [6, 6.07) is 8.87. The van der Waals surface area contributed by atoms with Gasteiger partial charge in [0.1, 0.15) is 11.6 Å². The van der Waals surface area contributed by atoms with E-state index in [4.69, 9.17) is 25.2 Å². The lowest BCUT2D eigenvalue weighted by Gasteiger charge is -2.29. The normalized spacial score (nSPS) is 23.2. The Morgan fingerprint density at radius 1 is 1.28 bits per heavy atom. The maximum Gasteiger partial charge on any atom is 0.530 e. The van der Waals surface area contributed by atoms with Crippen LogP contribution in [0.1, 0.15) is 18.1 Å². The first kappa shape index (κ1) is 17.8. The molecule has 25 heavy (non-hydrogen) atoms. The SMILES string of the molecule is O=[N+]([O-])c1ccc(O[P@@]2(=O)OCC[C@H](c3cc(F)cc(Cl)c3)O2)cc1. The van der Waals surface area contributed by atoms with Gasteiger partial charge in [-0.1, -0.05) is 11.6 Å². The molecule has 0 aromatic heterocycles. The Bertz CT molecular complexity index is 826. The van der Waals surface area contributed by atoms with E-state index in [1.165, 1.54) is 36.4 Å². The quantitative estimate of drug-likeness (QED) is 0.414. The van der Waals surface area contributed by atoms with E-state index in [1.54, 1.807) is 0 Å². The van der Waals surface area contributed by atoms with Crippen LogP contribution in [0, 0.1) is 15.9 Å². The number of hydrogen-bond donors (Lipinski definition) is 0. The molecule has 2 aromatic rings. The molecule has 1 fully saturated rings. The zero-order valence-electron chi connectivity index (χ0n) is 12.6. The third kappa shape index (κ3) is 4.35. The zero-order valence-corrected chi connectivity index (χ0v) is 14.3. The van der Waals surface area contributed by atoms with Gasteiger partial charge in [-0.3, -0.25) is 19.2 Å². The Hall–Kier alpha value is -1.99. The number of phosphoric ester groups is 1. The van der Waals surface area contributed by atoms with E-state index in [0.29, 0.717) is 12.0 Å². The van der Waals surface area contributed by atoms with Crippen molar-refractivity contribution in [1.82, 2.24) is 0 Å². The highest BCUT2D eigenvalue weighted by Gasteiger charge is 2.38. The molecule has 1 saturated heterocycles. The van der Waals surface area contributed by atoms with Crippen LogP contribution in [0.5, 0.6) is 5.75 Å². The van der Waals surface area contributed by atoms with Gasteiger partial charge in [0.15, 0.2) is 0 Å². The van der Waals surface area contributed by atoms with Crippen molar-refractivity contribution in [2.24, 2.45) is 0 Å². The number of phosphoric acid groups is 1. The number of nitro groups is 1. The molecule has 2 aromatic carbocycles. The molecule has 0 aliphatic carbocycles. The molecule has 1 heterocycles. The van der Waals surface area contributed by atoms with Gasteiger partial charge in [0.2, 0.25) is 0 Å². The van der Waals surface area contributed by atoms with E-state index in [0.717, 1.165) is 6.07 Å². The van der Waals surface area contributed by atoms with Crippen LogP contribution < -0.4 is 4.52 Å². The van der Waals surface area contributed by atoms with Crippen molar-refractivity contribution in [3.05, 3.63) is 69.0 Å². The standard InChI is InChI=1S/C15H12ClFNO6P/c16-11-7-10(8-12(17)9-11)15-5-6-22-25(21,24-15)23-14-3-1-13(2-4-14)18(19)20/h1-4,7-9,15H,5-6H2/t15-,25-/m1/s1. The van der Waals surface area contributed by atoms with Crippen molar-refractivity contribution in [2.45, 2.75) is 12.5 Å². The van der Waals surface area contributed by atoms with Crippen LogP contribution in [0.25, 0.3) is 0 Å². The van der Waals surface area contributed by atoms with Crippen molar-refractivity contribution >= 4 is 25.1 Å². The number of nitro benzene ring substituents is 1. The van der Waals surface area contributed by atoms with Gasteiger partial charge in [0.25, 0.3) is 5.69 Å². The van der Waals surface area contributed by atoms with Crippen LogP contribution in [0.15, 0.2) is 42.5 Å². The first-order valence-electron chi connectivity index (χ1n) is 7.18. The molecule has 1 aliphatic heterocycles. The summed E-state index contributed by atoms with van der Waals surface area (Å²) in [5.41, 5.74) is 0.282. The van der Waals surface area contributed by atoms with Crippen molar-refractivity contribution in [3.8, 4) is 5.75 Å². The maximum atomic E-state index is 13.5. The minimum atomic E-state index is -3.96. The lowest BCUT2D eigenvalue weighted by atomic mass is 10.1. The van der Waals surface area contributed by atoms with Crippen molar-refractivity contribution in [2.75, 3.05) is 6.61 Å². The summed E-state index contributed by atoms with van der Waals surface area (Å²) in [4.78, 5) is 10.1. The van der Waals surface area contributed by atoms with Crippen LogP contribution in [-0.4, -0.2) is 11.5 Å². The van der Waals surface area contributed by atoms with Crippen LogP contribution in [0.3, 0.4) is 0 Å². The second kappa shape index (κ2) is 7.09. The Balaban J connectivity index is 1.77. The summed E-state index contributed by atoms with van der Waals surface area (Å²) in [6.45, 7) is 0.0725. The first-order valence-corrected chi connectivity index (χ1v) is 9.01. The topological polar surface area (TPSA) is 87.9 Å². The monoisotopic (exact) mass is 387 g/mol. The van der Waals surface area contributed by atoms with Gasteiger partial charge in [0.05, 0.1) is 17.6 Å². The van der Waals surface area contributed by atoms with E-state index in [1.807, 2.05) is 0 Å². The predicted octanol–water partition coefficient (Wildman–Crippen LogP) is 5.05. The predicted molar refractivity (Wildman–Crippen MR) is 87.1 cm³/mol. The van der Waals surface area contributed by atoms with E-state index in [9.17, 15) is 19.1 Å². The Morgan fingerprint density at radius 2 is 2.00 bits per heavy atom. The number of nitrogens with zero attached hydrogens (tertiary/aromatic N) is 1. The van der Waals surface area contributed by atoms with E-state index >= 15 is 0 Å². The van der Waals surface area contributed by atoms with Crippen LogP contribution in [0.4, 0.5) is 10.1 Å². The molecule has 10 heteroatoms. The van der Waals surface area contributed by atoms with Gasteiger partial charge >= 0.3 is 7.82 Å². The highest BCUT2D eigenvalue weighted by atomic mass is 35.5. The molecule has 0 saturated carbocycles. The van der Waals surface area contributed by atoms with Crippen LogP contribution in [0.2, 0.25) is 5.02 Å². The second-order valence-corrected chi connectivity index (χ2v) is 7.19. The fourth-order valence-electron chi connectivity index (χ4n) is 2.30. The van der Waals surface area contributed by atoms with E-state index in [-0.39, 0.29) is 23.1 Å². The third-order valence-corrected chi connectivity index (χ3v) is 5.07. The summed E-state index contributed by atoms with van der Waals surface area (Å²) in [5.74, 6) is -0.449. The summed E-state index contributed by atoms with van der Waals surface area (Å²) in [7, 11) is -3.96. The molecule has 0 N–H and O–H groups in total. The van der Waals surface area contributed by atoms with E-state index in [2.05, 4.69) is 0 Å². The molecule has 7 nitrogen and oxygen atoms in total.